The quantitative estimate of drug-likeness (QED) is 0.632. The molecule has 6 heteroatoms. The van der Waals surface area contributed by atoms with Crippen molar-refractivity contribution < 1.29 is 4.79 Å². The van der Waals surface area contributed by atoms with E-state index in [1.807, 2.05) is 0 Å². The van der Waals surface area contributed by atoms with Gasteiger partial charge < -0.3 is 15.1 Å². The largest absolute Gasteiger partial charge is 0.356 e. The van der Waals surface area contributed by atoms with Crippen molar-refractivity contribution in [1.82, 2.24) is 15.1 Å². The van der Waals surface area contributed by atoms with Crippen LogP contribution in [0.2, 0.25) is 0 Å². The van der Waals surface area contributed by atoms with E-state index in [1.165, 1.54) is 51.9 Å². The summed E-state index contributed by atoms with van der Waals surface area (Å²) in [6.07, 6.45) is 14.2. The lowest BCUT2D eigenvalue weighted by Crippen LogP contribution is -2.47. The van der Waals surface area contributed by atoms with Gasteiger partial charge in [0.2, 0.25) is 5.91 Å². The standard InChI is InChI=1S/C21H35N5O/c1-3-4-11-21(23-24-21)12-5-20(27)22-13-6-18-7-16-26(17-8-18)19-9-14-25(2)15-10-19/h1,18-19H,4-17H2,2H3,(H,22,27). The molecule has 27 heavy (non-hydrogen) atoms. The van der Waals surface area contributed by atoms with Gasteiger partial charge in [-0.05, 0) is 71.2 Å². The number of likely N-dealkylation sites (tertiary alicyclic amines) is 2. The van der Waals surface area contributed by atoms with Gasteiger partial charge in [-0.15, -0.1) is 12.3 Å². The summed E-state index contributed by atoms with van der Waals surface area (Å²) in [6, 6.07) is 0.793. The molecule has 3 aliphatic rings. The number of carbonyl (C=O) groups excluding carboxylic acids is 1. The highest BCUT2D eigenvalue weighted by Crippen LogP contribution is 2.37. The summed E-state index contributed by atoms with van der Waals surface area (Å²) in [7, 11) is 2.22. The van der Waals surface area contributed by atoms with E-state index < -0.39 is 0 Å². The number of hydrogen-bond acceptors (Lipinski definition) is 5. The van der Waals surface area contributed by atoms with Crippen molar-refractivity contribution >= 4 is 5.91 Å². The van der Waals surface area contributed by atoms with Gasteiger partial charge in [-0.1, -0.05) is 0 Å². The van der Waals surface area contributed by atoms with Crippen LogP contribution in [0.4, 0.5) is 0 Å². The SMILES string of the molecule is C#CCCC1(CCC(=O)NCCC2CCN(C3CCN(C)CC3)CC2)N=N1. The number of terminal acetylenes is 1. The first-order chi connectivity index (χ1) is 13.1. The number of hydrogen-bond donors (Lipinski definition) is 1. The maximum Gasteiger partial charge on any atom is 0.220 e. The monoisotopic (exact) mass is 373 g/mol. The fourth-order valence-electron chi connectivity index (χ4n) is 4.45. The molecule has 0 saturated carbocycles. The molecule has 3 aliphatic heterocycles. The van der Waals surface area contributed by atoms with Crippen molar-refractivity contribution in [2.75, 3.05) is 39.8 Å². The van der Waals surface area contributed by atoms with Crippen LogP contribution in [0.3, 0.4) is 0 Å². The van der Waals surface area contributed by atoms with Gasteiger partial charge in [-0.2, -0.15) is 10.2 Å². The molecule has 0 bridgehead atoms. The molecular formula is C21H35N5O. The van der Waals surface area contributed by atoms with Crippen LogP contribution >= 0.6 is 0 Å². The van der Waals surface area contributed by atoms with Gasteiger partial charge in [0.05, 0.1) is 0 Å². The molecule has 0 atom stereocenters. The smallest absolute Gasteiger partial charge is 0.220 e. The Hall–Kier alpha value is -1.45. The summed E-state index contributed by atoms with van der Waals surface area (Å²) in [5, 5.41) is 11.3. The van der Waals surface area contributed by atoms with E-state index >= 15 is 0 Å². The van der Waals surface area contributed by atoms with E-state index in [-0.39, 0.29) is 11.6 Å². The minimum absolute atomic E-state index is 0.121. The molecule has 3 heterocycles. The number of nitrogens with zero attached hydrogens (tertiary/aromatic N) is 4. The van der Waals surface area contributed by atoms with Gasteiger partial charge in [-0.25, -0.2) is 0 Å². The summed E-state index contributed by atoms with van der Waals surface area (Å²) in [4.78, 5) is 17.2. The fourth-order valence-corrected chi connectivity index (χ4v) is 4.45. The highest BCUT2D eigenvalue weighted by atomic mass is 16.1. The molecule has 0 aliphatic carbocycles. The molecule has 3 rings (SSSR count). The molecular weight excluding hydrogens is 338 g/mol. The Bertz CT molecular complexity index is 547. The van der Waals surface area contributed by atoms with Gasteiger partial charge >= 0.3 is 0 Å². The van der Waals surface area contributed by atoms with Gasteiger partial charge in [0.1, 0.15) is 0 Å². The second kappa shape index (κ2) is 9.66. The summed E-state index contributed by atoms with van der Waals surface area (Å²) in [5.41, 5.74) is -0.343. The molecule has 1 N–H and O–H groups in total. The number of rotatable bonds is 9. The van der Waals surface area contributed by atoms with Crippen LogP contribution in [-0.4, -0.2) is 67.2 Å². The summed E-state index contributed by atoms with van der Waals surface area (Å²) >= 11 is 0. The number of carbonyl (C=O) groups is 1. The molecule has 0 aromatic heterocycles. The molecule has 0 spiro atoms. The highest BCUT2D eigenvalue weighted by molar-refractivity contribution is 5.75. The summed E-state index contributed by atoms with van der Waals surface area (Å²) in [5.74, 6) is 3.50. The lowest BCUT2D eigenvalue weighted by Gasteiger charge is -2.41. The van der Waals surface area contributed by atoms with Crippen LogP contribution in [0.5, 0.6) is 0 Å². The van der Waals surface area contributed by atoms with E-state index in [2.05, 4.69) is 38.3 Å². The minimum atomic E-state index is -0.343. The third-order valence-corrected chi connectivity index (χ3v) is 6.53. The molecule has 1 amide bonds. The van der Waals surface area contributed by atoms with E-state index in [9.17, 15) is 4.79 Å². The van der Waals surface area contributed by atoms with Gasteiger partial charge in [-0.3, -0.25) is 4.79 Å². The van der Waals surface area contributed by atoms with Crippen LogP contribution in [-0.2, 0) is 4.79 Å². The van der Waals surface area contributed by atoms with Crippen LogP contribution in [0.15, 0.2) is 10.2 Å². The maximum atomic E-state index is 12.1. The zero-order valence-electron chi connectivity index (χ0n) is 16.8. The van der Waals surface area contributed by atoms with Gasteiger partial charge in [0.25, 0.3) is 0 Å². The Kier molecular flexibility index (Phi) is 7.26. The molecule has 2 fully saturated rings. The lowest BCUT2D eigenvalue weighted by atomic mass is 9.91. The molecule has 6 nitrogen and oxygen atoms in total. The van der Waals surface area contributed by atoms with Crippen LogP contribution in [0.1, 0.15) is 57.8 Å². The molecule has 0 aromatic rings. The van der Waals surface area contributed by atoms with Crippen molar-refractivity contribution in [1.29, 1.82) is 0 Å². The summed E-state index contributed by atoms with van der Waals surface area (Å²) < 4.78 is 0. The Morgan fingerprint density at radius 2 is 1.85 bits per heavy atom. The third-order valence-electron chi connectivity index (χ3n) is 6.53. The van der Waals surface area contributed by atoms with E-state index in [0.717, 1.165) is 31.3 Å². The third kappa shape index (κ3) is 6.29. The Morgan fingerprint density at radius 3 is 2.48 bits per heavy atom. The zero-order chi connectivity index (χ0) is 19.1. The molecule has 2 saturated heterocycles. The van der Waals surface area contributed by atoms with Crippen LogP contribution < -0.4 is 5.32 Å². The van der Waals surface area contributed by atoms with Crippen molar-refractivity contribution in [3.63, 3.8) is 0 Å². The fraction of sp³-hybridized carbons (Fsp3) is 0.857. The van der Waals surface area contributed by atoms with Crippen LogP contribution in [0.25, 0.3) is 0 Å². The van der Waals surface area contributed by atoms with E-state index in [0.29, 0.717) is 19.3 Å². The first kappa shape index (κ1) is 20.3. The van der Waals surface area contributed by atoms with E-state index in [4.69, 9.17) is 6.42 Å². The number of amides is 1. The van der Waals surface area contributed by atoms with Crippen molar-refractivity contribution in [2.45, 2.75) is 69.5 Å². The Labute approximate surface area is 164 Å². The molecule has 0 radical (unpaired) electrons. The lowest BCUT2D eigenvalue weighted by molar-refractivity contribution is -0.121. The molecule has 0 unspecified atom stereocenters. The summed E-state index contributed by atoms with van der Waals surface area (Å²) in [6.45, 7) is 5.73. The average molecular weight is 374 g/mol. The Morgan fingerprint density at radius 1 is 1.15 bits per heavy atom. The zero-order valence-corrected chi connectivity index (χ0v) is 16.8. The molecule has 0 aromatic carbocycles. The maximum absolute atomic E-state index is 12.1. The highest BCUT2D eigenvalue weighted by Gasteiger charge is 2.39. The number of nitrogens with one attached hydrogen (secondary N) is 1. The first-order valence-corrected chi connectivity index (χ1v) is 10.7. The van der Waals surface area contributed by atoms with Crippen molar-refractivity contribution in [3.8, 4) is 12.3 Å². The molecule has 150 valence electrons. The van der Waals surface area contributed by atoms with Crippen LogP contribution in [0, 0.1) is 18.3 Å². The normalized spacial score (nSPS) is 23.9. The van der Waals surface area contributed by atoms with Crippen molar-refractivity contribution in [3.05, 3.63) is 0 Å². The number of piperidine rings is 2. The van der Waals surface area contributed by atoms with Gasteiger partial charge in [0, 0.05) is 38.3 Å². The second-order valence-electron chi connectivity index (χ2n) is 8.54. The Balaban J connectivity index is 1.24. The van der Waals surface area contributed by atoms with Crippen molar-refractivity contribution in [2.24, 2.45) is 16.1 Å². The predicted molar refractivity (Wildman–Crippen MR) is 107 cm³/mol. The minimum Gasteiger partial charge on any atom is -0.356 e. The van der Waals surface area contributed by atoms with Gasteiger partial charge in [0.15, 0.2) is 5.66 Å². The topological polar surface area (TPSA) is 60.3 Å². The first-order valence-electron chi connectivity index (χ1n) is 10.7. The second-order valence-corrected chi connectivity index (χ2v) is 8.54. The predicted octanol–water partition coefficient (Wildman–Crippen LogP) is 2.65. The van der Waals surface area contributed by atoms with E-state index in [1.54, 1.807) is 0 Å². The average Bonchev–Trinajstić information content (AvgIpc) is 3.46.